The lowest BCUT2D eigenvalue weighted by molar-refractivity contribution is 0.291. The maximum Gasteiger partial charge on any atom is 0.246 e. The highest BCUT2D eigenvalue weighted by Crippen LogP contribution is 2.21. The molecule has 2 rings (SSSR count). The van der Waals surface area contributed by atoms with Crippen LogP contribution in [0.25, 0.3) is 11.5 Å². The van der Waals surface area contributed by atoms with E-state index in [1.807, 2.05) is 20.8 Å². The van der Waals surface area contributed by atoms with Crippen LogP contribution >= 0.6 is 0 Å². The second kappa shape index (κ2) is 4.21. The normalized spacial score (nSPS) is 14.6. The van der Waals surface area contributed by atoms with Crippen LogP contribution in [0.1, 0.15) is 32.0 Å². The summed E-state index contributed by atoms with van der Waals surface area (Å²) in [5.41, 5.74) is 6.06. The molecule has 0 aliphatic carbocycles. The van der Waals surface area contributed by atoms with Crippen LogP contribution < -0.4 is 5.73 Å². The highest BCUT2D eigenvalue weighted by Gasteiger charge is 2.26. The van der Waals surface area contributed by atoms with Crippen molar-refractivity contribution in [3.63, 3.8) is 0 Å². The maximum atomic E-state index is 6.03. The molecule has 2 heterocycles. The number of rotatable bonds is 3. The van der Waals surface area contributed by atoms with Crippen molar-refractivity contribution in [2.45, 2.75) is 32.7 Å². The van der Waals surface area contributed by atoms with Crippen LogP contribution in [-0.2, 0) is 5.54 Å². The van der Waals surface area contributed by atoms with Gasteiger partial charge in [0.05, 0.1) is 5.54 Å². The van der Waals surface area contributed by atoms with E-state index in [-0.39, 0.29) is 0 Å². The van der Waals surface area contributed by atoms with E-state index in [2.05, 4.69) is 20.1 Å². The van der Waals surface area contributed by atoms with Crippen molar-refractivity contribution in [1.82, 2.24) is 20.1 Å². The van der Waals surface area contributed by atoms with Crippen LogP contribution in [0.3, 0.4) is 0 Å². The molecule has 0 radical (unpaired) electrons. The van der Waals surface area contributed by atoms with Crippen molar-refractivity contribution >= 4 is 0 Å². The fourth-order valence-electron chi connectivity index (χ4n) is 1.29. The first-order valence-corrected chi connectivity index (χ1v) is 5.46. The van der Waals surface area contributed by atoms with Crippen LogP contribution in [0.15, 0.2) is 16.8 Å². The molecular formula is C11H15N5O. The average molecular weight is 233 g/mol. The minimum absolute atomic E-state index is 0.422. The van der Waals surface area contributed by atoms with Crippen molar-refractivity contribution in [3.8, 4) is 11.5 Å². The van der Waals surface area contributed by atoms with E-state index in [9.17, 15) is 0 Å². The van der Waals surface area contributed by atoms with E-state index in [0.29, 0.717) is 23.2 Å². The van der Waals surface area contributed by atoms with Crippen molar-refractivity contribution in [2.75, 3.05) is 0 Å². The van der Waals surface area contributed by atoms with Crippen molar-refractivity contribution in [2.24, 2.45) is 5.73 Å². The van der Waals surface area contributed by atoms with Gasteiger partial charge in [-0.1, -0.05) is 12.1 Å². The molecule has 2 aromatic rings. The maximum absolute atomic E-state index is 6.03. The smallest absolute Gasteiger partial charge is 0.246 e. The van der Waals surface area contributed by atoms with Gasteiger partial charge in [0, 0.05) is 6.20 Å². The summed E-state index contributed by atoms with van der Waals surface area (Å²) in [6, 6.07) is 1.74. The summed E-state index contributed by atoms with van der Waals surface area (Å²) < 4.78 is 5.17. The SMILES string of the molecule is CCC(C)(N)c1nc(-c2ccnc(C)n2)no1. The second-order valence-corrected chi connectivity index (χ2v) is 4.18. The Balaban J connectivity index is 2.36. The number of aromatic nitrogens is 4. The van der Waals surface area contributed by atoms with E-state index in [1.54, 1.807) is 12.3 Å². The zero-order valence-corrected chi connectivity index (χ0v) is 10.1. The molecule has 2 aromatic heterocycles. The predicted octanol–water partition coefficient (Wildman–Crippen LogP) is 1.42. The molecule has 0 amide bonds. The topological polar surface area (TPSA) is 90.7 Å². The molecule has 0 saturated heterocycles. The van der Waals surface area contributed by atoms with Crippen molar-refractivity contribution in [3.05, 3.63) is 24.0 Å². The number of hydrogen-bond donors (Lipinski definition) is 1. The Kier molecular flexibility index (Phi) is 2.89. The first kappa shape index (κ1) is 11.7. The van der Waals surface area contributed by atoms with Crippen molar-refractivity contribution < 1.29 is 4.52 Å². The molecule has 0 bridgehead atoms. The highest BCUT2D eigenvalue weighted by atomic mass is 16.5. The van der Waals surface area contributed by atoms with E-state index in [1.165, 1.54) is 0 Å². The van der Waals surface area contributed by atoms with Gasteiger partial charge >= 0.3 is 0 Å². The quantitative estimate of drug-likeness (QED) is 0.862. The van der Waals surface area contributed by atoms with E-state index < -0.39 is 5.54 Å². The first-order valence-electron chi connectivity index (χ1n) is 5.46. The van der Waals surface area contributed by atoms with Gasteiger partial charge in [-0.25, -0.2) is 9.97 Å². The van der Waals surface area contributed by atoms with Gasteiger partial charge in [-0.2, -0.15) is 4.98 Å². The third-order valence-electron chi connectivity index (χ3n) is 2.65. The molecule has 17 heavy (non-hydrogen) atoms. The predicted molar refractivity (Wildman–Crippen MR) is 61.9 cm³/mol. The van der Waals surface area contributed by atoms with Crippen LogP contribution in [-0.4, -0.2) is 20.1 Å². The fraction of sp³-hybridized carbons (Fsp3) is 0.455. The van der Waals surface area contributed by atoms with E-state index in [4.69, 9.17) is 10.3 Å². The van der Waals surface area contributed by atoms with Gasteiger partial charge < -0.3 is 10.3 Å². The Hall–Kier alpha value is -1.82. The molecule has 0 spiro atoms. The molecule has 0 aromatic carbocycles. The van der Waals surface area contributed by atoms with E-state index in [0.717, 1.165) is 6.42 Å². The summed E-state index contributed by atoms with van der Waals surface area (Å²) in [7, 11) is 0. The first-order chi connectivity index (χ1) is 8.03. The largest absolute Gasteiger partial charge is 0.337 e. The van der Waals surface area contributed by atoms with Crippen molar-refractivity contribution in [1.29, 1.82) is 0 Å². The molecule has 0 aliphatic rings. The van der Waals surface area contributed by atoms with Crippen LogP contribution in [0, 0.1) is 6.92 Å². The van der Waals surface area contributed by atoms with Gasteiger partial charge in [0.1, 0.15) is 11.5 Å². The molecule has 0 saturated carbocycles. The van der Waals surface area contributed by atoms with Gasteiger partial charge in [-0.3, -0.25) is 0 Å². The molecule has 0 aliphatic heterocycles. The van der Waals surface area contributed by atoms with Crippen LogP contribution in [0.4, 0.5) is 0 Å². The van der Waals surface area contributed by atoms with Gasteiger partial charge in [-0.05, 0) is 26.3 Å². The lowest BCUT2D eigenvalue weighted by Gasteiger charge is -2.16. The molecule has 1 atom stereocenters. The molecule has 2 N–H and O–H groups in total. The van der Waals surface area contributed by atoms with E-state index >= 15 is 0 Å². The molecule has 1 unspecified atom stereocenters. The Morgan fingerprint density at radius 1 is 1.41 bits per heavy atom. The van der Waals surface area contributed by atoms with Gasteiger partial charge in [-0.15, -0.1) is 0 Å². The Morgan fingerprint density at radius 3 is 2.82 bits per heavy atom. The minimum Gasteiger partial charge on any atom is -0.337 e. The molecule has 6 heteroatoms. The Labute approximate surface area is 99.3 Å². The van der Waals surface area contributed by atoms with Crippen LogP contribution in [0.5, 0.6) is 0 Å². The number of nitrogens with zero attached hydrogens (tertiary/aromatic N) is 4. The summed E-state index contributed by atoms with van der Waals surface area (Å²) >= 11 is 0. The van der Waals surface area contributed by atoms with Gasteiger partial charge in [0.15, 0.2) is 0 Å². The monoisotopic (exact) mass is 233 g/mol. The lowest BCUT2D eigenvalue weighted by Crippen LogP contribution is -2.32. The lowest BCUT2D eigenvalue weighted by atomic mass is 10.0. The fourth-order valence-corrected chi connectivity index (χ4v) is 1.29. The van der Waals surface area contributed by atoms with Crippen LogP contribution in [0.2, 0.25) is 0 Å². The summed E-state index contributed by atoms with van der Waals surface area (Å²) in [5.74, 6) is 1.53. The third kappa shape index (κ3) is 2.31. The zero-order chi connectivity index (χ0) is 12.5. The van der Waals surface area contributed by atoms with Gasteiger partial charge in [0.2, 0.25) is 11.7 Å². The molecule has 0 fully saturated rings. The van der Waals surface area contributed by atoms with Gasteiger partial charge in [0.25, 0.3) is 0 Å². The molecular weight excluding hydrogens is 218 g/mol. The standard InChI is InChI=1S/C11H15N5O/c1-4-11(3,12)10-15-9(16-17-10)8-5-6-13-7(2)14-8/h5-6H,4,12H2,1-3H3. The summed E-state index contributed by atoms with van der Waals surface area (Å²) in [4.78, 5) is 12.5. The molecule has 90 valence electrons. The number of hydrogen-bond acceptors (Lipinski definition) is 6. The zero-order valence-electron chi connectivity index (χ0n) is 10.1. The third-order valence-corrected chi connectivity index (χ3v) is 2.65. The summed E-state index contributed by atoms with van der Waals surface area (Å²) in [6.45, 7) is 5.64. The number of nitrogens with two attached hydrogens (primary N) is 1. The Morgan fingerprint density at radius 2 is 2.18 bits per heavy atom. The minimum atomic E-state index is -0.604. The average Bonchev–Trinajstić information content (AvgIpc) is 2.79. The molecule has 6 nitrogen and oxygen atoms in total. The highest BCUT2D eigenvalue weighted by molar-refractivity contribution is 5.47. The Bertz CT molecular complexity index is 520. The second-order valence-electron chi connectivity index (χ2n) is 4.18. The summed E-state index contributed by atoms with van der Waals surface area (Å²) in [5, 5.41) is 3.89. The summed E-state index contributed by atoms with van der Waals surface area (Å²) in [6.07, 6.45) is 2.38. The number of aryl methyl sites for hydroxylation is 1.